The first kappa shape index (κ1) is 13.1. The molecule has 0 spiro atoms. The molecule has 0 bridgehead atoms. The summed E-state index contributed by atoms with van der Waals surface area (Å²) in [4.78, 5) is 14.0. The number of amides is 1. The van der Waals surface area contributed by atoms with Gasteiger partial charge in [0.1, 0.15) is 0 Å². The zero-order chi connectivity index (χ0) is 13.0. The van der Waals surface area contributed by atoms with Gasteiger partial charge < -0.3 is 10.2 Å². The number of nitrogens with zero attached hydrogens (tertiary/aromatic N) is 1. The van der Waals surface area contributed by atoms with E-state index in [1.807, 2.05) is 11.0 Å². The molecule has 2 rings (SSSR count). The van der Waals surface area contributed by atoms with Gasteiger partial charge in [0.15, 0.2) is 0 Å². The molecular weight excluding hydrogens is 224 g/mol. The molecule has 0 aliphatic carbocycles. The number of rotatable bonds is 4. The largest absolute Gasteiger partial charge is 0.341 e. The number of hydrogen-bond acceptors (Lipinski definition) is 2. The highest BCUT2D eigenvalue weighted by Gasteiger charge is 2.26. The maximum absolute atomic E-state index is 12.0. The highest BCUT2D eigenvalue weighted by atomic mass is 16.2. The van der Waals surface area contributed by atoms with Gasteiger partial charge in [-0.05, 0) is 12.0 Å². The van der Waals surface area contributed by atoms with E-state index in [1.165, 1.54) is 5.56 Å². The first-order chi connectivity index (χ1) is 8.66. The molecule has 1 fully saturated rings. The fourth-order valence-electron chi connectivity index (χ4n) is 2.39. The van der Waals surface area contributed by atoms with Crippen LogP contribution in [-0.2, 0) is 4.79 Å². The van der Waals surface area contributed by atoms with Crippen molar-refractivity contribution in [2.24, 2.45) is 0 Å². The number of carbonyl (C=O) groups is 1. The minimum atomic E-state index is 0.224. The zero-order valence-corrected chi connectivity index (χ0v) is 11.2. The minimum Gasteiger partial charge on any atom is -0.341 e. The second kappa shape index (κ2) is 6.01. The lowest BCUT2D eigenvalue weighted by Gasteiger charge is -2.18. The third-order valence-electron chi connectivity index (χ3n) is 3.47. The average Bonchev–Trinajstić information content (AvgIpc) is 2.86. The van der Waals surface area contributed by atoms with Gasteiger partial charge in [0.2, 0.25) is 5.91 Å². The smallest absolute Gasteiger partial charge is 0.236 e. The van der Waals surface area contributed by atoms with E-state index < -0.39 is 0 Å². The van der Waals surface area contributed by atoms with Crippen LogP contribution in [0.2, 0.25) is 0 Å². The van der Waals surface area contributed by atoms with E-state index in [4.69, 9.17) is 0 Å². The highest BCUT2D eigenvalue weighted by molar-refractivity contribution is 5.78. The summed E-state index contributed by atoms with van der Waals surface area (Å²) in [5, 5.41) is 3.19. The van der Waals surface area contributed by atoms with E-state index in [1.54, 1.807) is 0 Å². The van der Waals surface area contributed by atoms with Gasteiger partial charge in [0, 0.05) is 25.0 Å². The number of nitrogens with one attached hydrogen (secondary N) is 1. The van der Waals surface area contributed by atoms with Crippen LogP contribution < -0.4 is 5.32 Å². The molecule has 1 aliphatic heterocycles. The number of hydrogen-bond donors (Lipinski definition) is 1. The maximum Gasteiger partial charge on any atom is 0.236 e. The molecule has 1 saturated heterocycles. The molecule has 3 nitrogen and oxygen atoms in total. The Balaban J connectivity index is 1.87. The van der Waals surface area contributed by atoms with E-state index in [9.17, 15) is 4.79 Å². The SMILES string of the molecule is CC(C)NCC(=O)N1CCC(c2ccccc2)C1. The van der Waals surface area contributed by atoms with Gasteiger partial charge in [-0.2, -0.15) is 0 Å². The molecule has 18 heavy (non-hydrogen) atoms. The van der Waals surface area contributed by atoms with Crippen molar-refractivity contribution in [2.45, 2.75) is 32.2 Å². The molecule has 98 valence electrons. The lowest BCUT2D eigenvalue weighted by Crippen LogP contribution is -2.38. The van der Waals surface area contributed by atoms with Crippen LogP contribution in [0.25, 0.3) is 0 Å². The van der Waals surface area contributed by atoms with Crippen molar-refractivity contribution in [3.05, 3.63) is 35.9 Å². The number of likely N-dealkylation sites (tertiary alicyclic amines) is 1. The molecule has 1 unspecified atom stereocenters. The monoisotopic (exact) mass is 246 g/mol. The molecule has 1 amide bonds. The van der Waals surface area contributed by atoms with Crippen LogP contribution >= 0.6 is 0 Å². The van der Waals surface area contributed by atoms with E-state index in [0.29, 0.717) is 18.5 Å². The fourth-order valence-corrected chi connectivity index (χ4v) is 2.39. The second-order valence-electron chi connectivity index (χ2n) is 5.27. The maximum atomic E-state index is 12.0. The molecule has 1 aliphatic rings. The molecule has 1 aromatic rings. The van der Waals surface area contributed by atoms with Crippen molar-refractivity contribution in [1.82, 2.24) is 10.2 Å². The van der Waals surface area contributed by atoms with Crippen molar-refractivity contribution in [1.29, 1.82) is 0 Å². The van der Waals surface area contributed by atoms with Crippen LogP contribution in [0.5, 0.6) is 0 Å². The molecule has 1 heterocycles. The second-order valence-corrected chi connectivity index (χ2v) is 5.27. The van der Waals surface area contributed by atoms with E-state index in [2.05, 4.69) is 43.4 Å². The summed E-state index contributed by atoms with van der Waals surface area (Å²) in [5.41, 5.74) is 1.35. The summed E-state index contributed by atoms with van der Waals surface area (Å²) in [6.07, 6.45) is 1.08. The lowest BCUT2D eigenvalue weighted by atomic mass is 9.99. The van der Waals surface area contributed by atoms with Crippen LogP contribution in [0.4, 0.5) is 0 Å². The topological polar surface area (TPSA) is 32.3 Å². The summed E-state index contributed by atoms with van der Waals surface area (Å²) in [5.74, 6) is 0.733. The zero-order valence-electron chi connectivity index (χ0n) is 11.2. The van der Waals surface area contributed by atoms with Gasteiger partial charge in [-0.1, -0.05) is 44.2 Å². The number of benzene rings is 1. The van der Waals surface area contributed by atoms with Crippen LogP contribution in [0, 0.1) is 0 Å². The quantitative estimate of drug-likeness (QED) is 0.881. The summed E-state index contributed by atoms with van der Waals surface area (Å²) < 4.78 is 0. The molecule has 1 atom stereocenters. The van der Waals surface area contributed by atoms with Gasteiger partial charge >= 0.3 is 0 Å². The summed E-state index contributed by atoms with van der Waals surface area (Å²) in [6, 6.07) is 10.9. The molecular formula is C15H22N2O. The van der Waals surface area contributed by atoms with Crippen molar-refractivity contribution in [3.63, 3.8) is 0 Å². The Morgan fingerprint density at radius 2 is 2.11 bits per heavy atom. The Morgan fingerprint density at radius 3 is 2.78 bits per heavy atom. The molecule has 1 N–H and O–H groups in total. The highest BCUT2D eigenvalue weighted by Crippen LogP contribution is 2.26. The van der Waals surface area contributed by atoms with Gasteiger partial charge in [0.25, 0.3) is 0 Å². The Labute approximate surface area is 109 Å². The molecule has 3 heteroatoms. The van der Waals surface area contributed by atoms with Crippen LogP contribution in [0.3, 0.4) is 0 Å². The standard InChI is InChI=1S/C15H22N2O/c1-12(2)16-10-15(18)17-9-8-14(11-17)13-6-4-3-5-7-13/h3-7,12,14,16H,8-11H2,1-2H3. The summed E-state index contributed by atoms with van der Waals surface area (Å²) in [6.45, 7) is 6.33. The van der Waals surface area contributed by atoms with Crippen molar-refractivity contribution >= 4 is 5.91 Å². The lowest BCUT2D eigenvalue weighted by molar-refractivity contribution is -0.129. The fraction of sp³-hybridized carbons (Fsp3) is 0.533. The minimum absolute atomic E-state index is 0.224. The van der Waals surface area contributed by atoms with Crippen LogP contribution in [0.1, 0.15) is 31.7 Å². The Bertz CT molecular complexity index is 389. The predicted molar refractivity (Wildman–Crippen MR) is 73.5 cm³/mol. The van der Waals surface area contributed by atoms with Crippen molar-refractivity contribution in [3.8, 4) is 0 Å². The molecule has 0 aromatic heterocycles. The predicted octanol–water partition coefficient (Wildman–Crippen LogP) is 2.00. The number of carbonyl (C=O) groups excluding carboxylic acids is 1. The average molecular weight is 246 g/mol. The van der Waals surface area contributed by atoms with Gasteiger partial charge in [-0.15, -0.1) is 0 Å². The van der Waals surface area contributed by atoms with Crippen LogP contribution in [-0.4, -0.2) is 36.5 Å². The van der Waals surface area contributed by atoms with Crippen molar-refractivity contribution in [2.75, 3.05) is 19.6 Å². The van der Waals surface area contributed by atoms with Crippen molar-refractivity contribution < 1.29 is 4.79 Å². The van der Waals surface area contributed by atoms with E-state index in [-0.39, 0.29) is 5.91 Å². The summed E-state index contributed by atoms with van der Waals surface area (Å²) in [7, 11) is 0. The normalized spacial score (nSPS) is 19.5. The van der Waals surface area contributed by atoms with E-state index >= 15 is 0 Å². The first-order valence-electron chi connectivity index (χ1n) is 6.73. The molecule has 1 aromatic carbocycles. The third-order valence-corrected chi connectivity index (χ3v) is 3.47. The third kappa shape index (κ3) is 3.33. The Kier molecular flexibility index (Phi) is 4.37. The van der Waals surface area contributed by atoms with Crippen LogP contribution in [0.15, 0.2) is 30.3 Å². The van der Waals surface area contributed by atoms with E-state index in [0.717, 1.165) is 19.5 Å². The first-order valence-corrected chi connectivity index (χ1v) is 6.73. The summed E-state index contributed by atoms with van der Waals surface area (Å²) >= 11 is 0. The van der Waals surface area contributed by atoms with Gasteiger partial charge in [0.05, 0.1) is 6.54 Å². The van der Waals surface area contributed by atoms with Gasteiger partial charge in [-0.25, -0.2) is 0 Å². The molecule has 0 radical (unpaired) electrons. The Hall–Kier alpha value is -1.35. The van der Waals surface area contributed by atoms with Gasteiger partial charge in [-0.3, -0.25) is 4.79 Å². The molecule has 0 saturated carbocycles. The Morgan fingerprint density at radius 1 is 1.39 bits per heavy atom.